The van der Waals surface area contributed by atoms with Crippen LogP contribution in [0.25, 0.3) is 11.6 Å². The van der Waals surface area contributed by atoms with Gasteiger partial charge in [-0.15, -0.1) is 0 Å². The lowest BCUT2D eigenvalue weighted by atomic mass is 9.92. The van der Waals surface area contributed by atoms with E-state index in [0.29, 0.717) is 15.7 Å². The molecule has 148 valence electrons. The molecule has 0 saturated heterocycles. The monoisotopic (exact) mass is 443 g/mol. The highest BCUT2D eigenvalue weighted by atomic mass is 35.5. The molecule has 0 atom stereocenters. The summed E-state index contributed by atoms with van der Waals surface area (Å²) < 4.78 is 25.7. The molecule has 0 radical (unpaired) electrons. The Morgan fingerprint density at radius 1 is 0.931 bits per heavy atom. The predicted molar refractivity (Wildman–Crippen MR) is 122 cm³/mol. The molecule has 0 fully saturated rings. The Morgan fingerprint density at radius 3 is 2.52 bits per heavy atom. The lowest BCUT2D eigenvalue weighted by molar-refractivity contribution is 0.607. The topological polar surface area (TPSA) is 46.2 Å². The van der Waals surface area contributed by atoms with Gasteiger partial charge >= 0.3 is 0 Å². The van der Waals surface area contributed by atoms with Gasteiger partial charge in [-0.2, -0.15) is 0 Å². The molecule has 6 heteroatoms. The molecule has 0 unspecified atom stereocenters. The first-order valence-corrected chi connectivity index (χ1v) is 11.8. The molecule has 3 nitrogen and oxygen atoms in total. The molecule has 0 saturated carbocycles. The number of sulfonamides is 1. The van der Waals surface area contributed by atoms with Crippen molar-refractivity contribution in [3.05, 3.63) is 98.5 Å². The van der Waals surface area contributed by atoms with Gasteiger partial charge in [0.2, 0.25) is 10.0 Å². The van der Waals surface area contributed by atoms with Crippen molar-refractivity contribution in [2.45, 2.75) is 12.8 Å². The molecule has 4 rings (SSSR count). The van der Waals surface area contributed by atoms with Crippen molar-refractivity contribution in [2.75, 3.05) is 11.0 Å². The lowest BCUT2D eigenvalue weighted by Crippen LogP contribution is -2.09. The zero-order valence-corrected chi connectivity index (χ0v) is 18.1. The number of hydrogen-bond donors (Lipinski definition) is 1. The van der Waals surface area contributed by atoms with Crippen molar-refractivity contribution in [1.82, 2.24) is 0 Å². The van der Waals surface area contributed by atoms with E-state index in [1.807, 2.05) is 42.5 Å². The van der Waals surface area contributed by atoms with E-state index < -0.39 is 10.0 Å². The third kappa shape index (κ3) is 4.35. The number of hydrogen-bond acceptors (Lipinski definition) is 2. The average molecular weight is 444 g/mol. The largest absolute Gasteiger partial charge is 0.284 e. The number of benzene rings is 3. The van der Waals surface area contributed by atoms with Crippen molar-refractivity contribution in [3.8, 4) is 0 Å². The predicted octanol–water partition coefficient (Wildman–Crippen LogP) is 6.05. The first-order chi connectivity index (χ1) is 13.8. The third-order valence-corrected chi connectivity index (χ3v) is 6.39. The van der Waals surface area contributed by atoms with Crippen LogP contribution in [0.2, 0.25) is 10.0 Å². The molecule has 3 aromatic carbocycles. The molecular weight excluding hydrogens is 425 g/mol. The van der Waals surface area contributed by atoms with Crippen LogP contribution in [0, 0.1) is 0 Å². The van der Waals surface area contributed by atoms with E-state index in [1.54, 1.807) is 6.07 Å². The summed E-state index contributed by atoms with van der Waals surface area (Å²) in [6.45, 7) is 0. The van der Waals surface area contributed by atoms with E-state index in [1.165, 1.54) is 5.56 Å². The quantitative estimate of drug-likeness (QED) is 0.535. The van der Waals surface area contributed by atoms with Gasteiger partial charge in [0.05, 0.1) is 16.3 Å². The van der Waals surface area contributed by atoms with Crippen LogP contribution < -0.4 is 4.72 Å². The normalized spacial score (nSPS) is 14.8. The Morgan fingerprint density at radius 2 is 1.72 bits per heavy atom. The Bertz CT molecular complexity index is 1230. The summed E-state index contributed by atoms with van der Waals surface area (Å²) in [4.78, 5) is 0. The molecule has 1 N–H and O–H groups in total. The number of rotatable bonds is 3. The summed E-state index contributed by atoms with van der Waals surface area (Å²) >= 11 is 12.8. The molecule has 0 amide bonds. The van der Waals surface area contributed by atoms with Crippen LogP contribution in [-0.4, -0.2) is 14.7 Å². The molecule has 0 spiro atoms. The van der Waals surface area contributed by atoms with E-state index in [4.69, 9.17) is 23.2 Å². The van der Waals surface area contributed by atoms with Gasteiger partial charge < -0.3 is 0 Å². The third-order valence-electron chi connectivity index (χ3n) is 4.94. The smallest absolute Gasteiger partial charge is 0.229 e. The summed E-state index contributed by atoms with van der Waals surface area (Å²) in [6, 6.07) is 19.5. The Kier molecular flexibility index (Phi) is 5.43. The highest BCUT2D eigenvalue weighted by Gasteiger charge is 2.21. The Labute approximate surface area is 181 Å². The summed E-state index contributed by atoms with van der Waals surface area (Å²) in [6.07, 6.45) is 4.89. The SMILES string of the molecule is CS(=O)(=O)Nc1cccc(C=C2c3ccccc3CCc3c2ccc(Cl)c3Cl)c1. The van der Waals surface area contributed by atoms with E-state index in [9.17, 15) is 8.42 Å². The number of aryl methyl sites for hydroxylation is 1. The van der Waals surface area contributed by atoms with Gasteiger partial charge in [0.1, 0.15) is 0 Å². The van der Waals surface area contributed by atoms with Gasteiger partial charge in [-0.05, 0) is 70.5 Å². The second-order valence-electron chi connectivity index (χ2n) is 7.10. The number of nitrogens with one attached hydrogen (secondary N) is 1. The molecule has 0 aliphatic heterocycles. The van der Waals surface area contributed by atoms with E-state index >= 15 is 0 Å². The zero-order valence-electron chi connectivity index (χ0n) is 15.7. The Balaban J connectivity index is 1.91. The van der Waals surface area contributed by atoms with Gasteiger partial charge in [0.25, 0.3) is 0 Å². The Hall–Kier alpha value is -2.27. The fourth-order valence-corrected chi connectivity index (χ4v) is 4.71. The summed E-state index contributed by atoms with van der Waals surface area (Å²) in [5.74, 6) is 0. The molecule has 3 aromatic rings. The van der Waals surface area contributed by atoms with Crippen molar-refractivity contribution >= 4 is 50.6 Å². The highest BCUT2D eigenvalue weighted by Crippen LogP contribution is 2.40. The van der Waals surface area contributed by atoms with Gasteiger partial charge in [-0.3, -0.25) is 4.72 Å². The maximum Gasteiger partial charge on any atom is 0.229 e. The van der Waals surface area contributed by atoms with E-state index in [0.717, 1.165) is 46.9 Å². The van der Waals surface area contributed by atoms with Crippen LogP contribution in [-0.2, 0) is 22.9 Å². The van der Waals surface area contributed by atoms with Crippen molar-refractivity contribution < 1.29 is 8.42 Å². The average Bonchev–Trinajstić information content (AvgIpc) is 2.82. The van der Waals surface area contributed by atoms with Crippen LogP contribution in [0.4, 0.5) is 5.69 Å². The van der Waals surface area contributed by atoms with E-state index in [2.05, 4.69) is 22.9 Å². The summed E-state index contributed by atoms with van der Waals surface area (Å²) in [7, 11) is -3.34. The standard InChI is InChI=1S/C23H19Cl2NO2S/c1-29(27,28)26-17-7-4-5-15(13-17)14-21-18-8-3-2-6-16(18)9-10-20-19(21)11-12-22(24)23(20)25/h2-8,11-14,26H,9-10H2,1H3. The van der Waals surface area contributed by atoms with Crippen LogP contribution in [0.1, 0.15) is 27.8 Å². The maximum atomic E-state index is 11.6. The minimum atomic E-state index is -3.34. The van der Waals surface area contributed by atoms with Crippen LogP contribution >= 0.6 is 23.2 Å². The van der Waals surface area contributed by atoms with Crippen molar-refractivity contribution in [1.29, 1.82) is 0 Å². The first-order valence-electron chi connectivity index (χ1n) is 9.17. The molecular formula is C23H19Cl2NO2S. The minimum absolute atomic E-state index is 0.526. The van der Waals surface area contributed by atoms with Gasteiger partial charge in [-0.25, -0.2) is 8.42 Å². The molecule has 1 aliphatic carbocycles. The summed E-state index contributed by atoms with van der Waals surface area (Å²) in [5.41, 5.74) is 6.93. The first kappa shape index (κ1) is 20.0. The van der Waals surface area contributed by atoms with Gasteiger partial charge in [-0.1, -0.05) is 65.7 Å². The molecule has 0 heterocycles. The second-order valence-corrected chi connectivity index (χ2v) is 9.64. The lowest BCUT2D eigenvalue weighted by Gasteiger charge is -2.14. The zero-order chi connectivity index (χ0) is 20.6. The molecule has 29 heavy (non-hydrogen) atoms. The van der Waals surface area contributed by atoms with Gasteiger partial charge in [0, 0.05) is 5.69 Å². The fraction of sp³-hybridized carbons (Fsp3) is 0.130. The maximum absolute atomic E-state index is 11.6. The van der Waals surface area contributed by atoms with Gasteiger partial charge in [0.15, 0.2) is 0 Å². The van der Waals surface area contributed by atoms with E-state index in [-0.39, 0.29) is 0 Å². The van der Waals surface area contributed by atoms with Crippen molar-refractivity contribution in [2.24, 2.45) is 0 Å². The van der Waals surface area contributed by atoms with Crippen molar-refractivity contribution in [3.63, 3.8) is 0 Å². The number of halogens is 2. The van der Waals surface area contributed by atoms with Crippen LogP contribution in [0.15, 0.2) is 60.7 Å². The second kappa shape index (κ2) is 7.86. The summed E-state index contributed by atoms with van der Waals surface area (Å²) in [5, 5.41) is 1.14. The fourth-order valence-electron chi connectivity index (χ4n) is 3.72. The number of fused-ring (bicyclic) bond motifs is 2. The number of anilines is 1. The molecule has 1 aliphatic rings. The molecule has 0 bridgehead atoms. The van der Waals surface area contributed by atoms with Crippen LogP contribution in [0.3, 0.4) is 0 Å². The minimum Gasteiger partial charge on any atom is -0.284 e. The molecule has 0 aromatic heterocycles. The highest BCUT2D eigenvalue weighted by molar-refractivity contribution is 7.92. The van der Waals surface area contributed by atoms with Crippen LogP contribution in [0.5, 0.6) is 0 Å².